The zero-order chi connectivity index (χ0) is 15.4. The third-order valence-electron chi connectivity index (χ3n) is 3.44. The summed E-state index contributed by atoms with van der Waals surface area (Å²) in [5.74, 6) is 1.34. The first-order valence-corrected chi connectivity index (χ1v) is 6.93. The molecule has 2 atom stereocenters. The molecule has 1 aromatic carbocycles. The Morgan fingerprint density at radius 1 is 1.52 bits per heavy atom. The molecule has 2 unspecified atom stereocenters. The lowest BCUT2D eigenvalue weighted by Gasteiger charge is -2.14. The van der Waals surface area contributed by atoms with Crippen LogP contribution in [-0.4, -0.2) is 38.9 Å². The van der Waals surface area contributed by atoms with Crippen LogP contribution in [0.15, 0.2) is 12.1 Å². The van der Waals surface area contributed by atoms with Gasteiger partial charge < -0.3 is 25.3 Å². The fourth-order valence-corrected chi connectivity index (χ4v) is 2.38. The third kappa shape index (κ3) is 3.65. The normalized spacial score (nSPS) is 17.8. The van der Waals surface area contributed by atoms with Crippen LogP contribution in [0.5, 0.6) is 11.5 Å². The molecule has 0 fully saturated rings. The van der Waals surface area contributed by atoms with Gasteiger partial charge in [-0.05, 0) is 19.1 Å². The molecule has 21 heavy (non-hydrogen) atoms. The number of carbonyl (C=O) groups excluding carboxylic acids is 1. The van der Waals surface area contributed by atoms with Gasteiger partial charge in [-0.25, -0.2) is 0 Å². The second-order valence-electron chi connectivity index (χ2n) is 5.18. The van der Waals surface area contributed by atoms with Gasteiger partial charge in [0.2, 0.25) is 5.91 Å². The van der Waals surface area contributed by atoms with Crippen molar-refractivity contribution in [1.29, 1.82) is 0 Å². The minimum Gasteiger partial charge on any atom is -0.496 e. The average Bonchev–Trinajstić information content (AvgIpc) is 2.82. The number of benzene rings is 1. The minimum absolute atomic E-state index is 0.171. The molecule has 1 heterocycles. The number of rotatable bonds is 6. The van der Waals surface area contributed by atoms with Crippen LogP contribution in [0.2, 0.25) is 0 Å². The first-order chi connectivity index (χ1) is 10.0. The van der Waals surface area contributed by atoms with Crippen LogP contribution >= 0.6 is 0 Å². The molecule has 0 radical (unpaired) electrons. The number of hydrogen-bond acceptors (Lipinski definition) is 5. The zero-order valence-electron chi connectivity index (χ0n) is 12.6. The molecule has 3 N–H and O–H groups in total. The van der Waals surface area contributed by atoms with Crippen LogP contribution < -0.4 is 20.5 Å². The van der Waals surface area contributed by atoms with E-state index in [9.17, 15) is 4.79 Å². The average molecular weight is 294 g/mol. The fraction of sp³-hybridized carbons (Fsp3) is 0.533. The smallest absolute Gasteiger partial charge is 0.239 e. The number of carbonyl (C=O) groups is 1. The molecule has 1 aromatic rings. The van der Waals surface area contributed by atoms with E-state index in [1.54, 1.807) is 7.11 Å². The molecule has 1 amide bonds. The molecule has 6 nitrogen and oxygen atoms in total. The summed E-state index contributed by atoms with van der Waals surface area (Å²) in [7, 11) is 3.12. The number of amides is 1. The van der Waals surface area contributed by atoms with Crippen LogP contribution in [0.25, 0.3) is 0 Å². The fourth-order valence-electron chi connectivity index (χ4n) is 2.38. The summed E-state index contributed by atoms with van der Waals surface area (Å²) in [6, 6.07) is 3.21. The molecular weight excluding hydrogens is 272 g/mol. The first kappa shape index (κ1) is 15.6. The van der Waals surface area contributed by atoms with Crippen LogP contribution in [0, 0.1) is 0 Å². The van der Waals surface area contributed by atoms with Crippen molar-refractivity contribution in [1.82, 2.24) is 5.32 Å². The summed E-state index contributed by atoms with van der Waals surface area (Å²) in [5.41, 5.74) is 7.67. The number of hydrogen-bond donors (Lipinski definition) is 2. The summed E-state index contributed by atoms with van der Waals surface area (Å²) in [6.07, 6.45) is 1.04. The van der Waals surface area contributed by atoms with E-state index in [-0.39, 0.29) is 18.6 Å². The lowest BCUT2D eigenvalue weighted by atomic mass is 10.1. The standard InChI is InChI=1S/C15H22N2O4/c1-9-4-10-5-13(20-3)11(6-14(10)21-9)7-17-15(18)12(16)8-19-2/h5-6,9,12H,4,7-8,16H2,1-3H3,(H,17,18). The van der Waals surface area contributed by atoms with Crippen molar-refractivity contribution in [3.05, 3.63) is 23.3 Å². The van der Waals surface area contributed by atoms with Gasteiger partial charge in [0.15, 0.2) is 0 Å². The van der Waals surface area contributed by atoms with Crippen LogP contribution in [0.4, 0.5) is 0 Å². The largest absolute Gasteiger partial charge is 0.496 e. The van der Waals surface area contributed by atoms with Crippen molar-refractivity contribution in [2.24, 2.45) is 5.73 Å². The van der Waals surface area contributed by atoms with E-state index in [0.717, 1.165) is 29.0 Å². The lowest BCUT2D eigenvalue weighted by Crippen LogP contribution is -2.43. The highest BCUT2D eigenvalue weighted by atomic mass is 16.5. The van der Waals surface area contributed by atoms with Gasteiger partial charge in [-0.1, -0.05) is 0 Å². The Morgan fingerprint density at radius 3 is 2.95 bits per heavy atom. The van der Waals surface area contributed by atoms with Crippen molar-refractivity contribution < 1.29 is 19.0 Å². The van der Waals surface area contributed by atoms with E-state index in [1.165, 1.54) is 7.11 Å². The van der Waals surface area contributed by atoms with Crippen LogP contribution in [0.1, 0.15) is 18.1 Å². The number of methoxy groups -OCH3 is 2. The summed E-state index contributed by atoms with van der Waals surface area (Å²) >= 11 is 0. The van der Waals surface area contributed by atoms with Crippen molar-refractivity contribution in [3.63, 3.8) is 0 Å². The number of ether oxygens (including phenoxy) is 3. The van der Waals surface area contributed by atoms with Crippen molar-refractivity contribution in [2.45, 2.75) is 32.0 Å². The van der Waals surface area contributed by atoms with Gasteiger partial charge in [0, 0.05) is 31.2 Å². The van der Waals surface area contributed by atoms with Gasteiger partial charge >= 0.3 is 0 Å². The van der Waals surface area contributed by atoms with Crippen LogP contribution in [-0.2, 0) is 22.5 Å². The quantitative estimate of drug-likeness (QED) is 0.803. The number of fused-ring (bicyclic) bond motifs is 1. The zero-order valence-corrected chi connectivity index (χ0v) is 12.6. The maximum absolute atomic E-state index is 11.8. The van der Waals surface area contributed by atoms with Crippen molar-refractivity contribution >= 4 is 5.91 Å². The second-order valence-corrected chi connectivity index (χ2v) is 5.18. The van der Waals surface area contributed by atoms with Gasteiger partial charge in [-0.2, -0.15) is 0 Å². The molecule has 6 heteroatoms. The van der Waals surface area contributed by atoms with Gasteiger partial charge in [0.25, 0.3) is 0 Å². The second kappa shape index (κ2) is 6.78. The lowest BCUT2D eigenvalue weighted by molar-refractivity contribution is -0.123. The summed E-state index contributed by atoms with van der Waals surface area (Å²) < 4.78 is 16.0. The first-order valence-electron chi connectivity index (χ1n) is 6.93. The predicted molar refractivity (Wildman–Crippen MR) is 78.5 cm³/mol. The maximum Gasteiger partial charge on any atom is 0.239 e. The molecule has 1 aliphatic heterocycles. The monoisotopic (exact) mass is 294 g/mol. The van der Waals surface area contributed by atoms with Gasteiger partial charge in [-0.15, -0.1) is 0 Å². The maximum atomic E-state index is 11.8. The Kier molecular flexibility index (Phi) is 5.03. The SMILES string of the molecule is COCC(N)C(=O)NCc1cc2c(cc1OC)CC(C)O2. The summed E-state index contributed by atoms with van der Waals surface area (Å²) in [5, 5.41) is 2.78. The molecule has 0 bridgehead atoms. The van der Waals surface area contributed by atoms with Crippen molar-refractivity contribution in [3.8, 4) is 11.5 Å². The Balaban J connectivity index is 2.06. The van der Waals surface area contributed by atoms with E-state index >= 15 is 0 Å². The number of nitrogens with one attached hydrogen (secondary N) is 1. The molecule has 0 spiro atoms. The topological polar surface area (TPSA) is 82.8 Å². The third-order valence-corrected chi connectivity index (χ3v) is 3.44. The summed E-state index contributed by atoms with van der Waals surface area (Å²) in [6.45, 7) is 2.55. The van der Waals surface area contributed by atoms with E-state index in [4.69, 9.17) is 19.9 Å². The summed E-state index contributed by atoms with van der Waals surface area (Å²) in [4.78, 5) is 11.8. The molecule has 1 aliphatic rings. The highest BCUT2D eigenvalue weighted by Gasteiger charge is 2.22. The Bertz CT molecular complexity index is 519. The molecule has 0 aliphatic carbocycles. The molecule has 2 rings (SSSR count). The molecule has 0 saturated heterocycles. The predicted octanol–water partition coefficient (Wildman–Crippen LogP) is 0.609. The van der Waals surface area contributed by atoms with Crippen molar-refractivity contribution in [2.75, 3.05) is 20.8 Å². The van der Waals surface area contributed by atoms with E-state index in [1.807, 2.05) is 19.1 Å². The molecule has 0 saturated carbocycles. The molecule has 0 aromatic heterocycles. The highest BCUT2D eigenvalue weighted by Crippen LogP contribution is 2.34. The van der Waals surface area contributed by atoms with Gasteiger partial charge in [0.1, 0.15) is 23.6 Å². The molecule has 116 valence electrons. The van der Waals surface area contributed by atoms with Gasteiger partial charge in [0.05, 0.1) is 13.7 Å². The number of nitrogens with two attached hydrogens (primary N) is 1. The van der Waals surface area contributed by atoms with E-state index < -0.39 is 6.04 Å². The van der Waals surface area contributed by atoms with Crippen LogP contribution in [0.3, 0.4) is 0 Å². The van der Waals surface area contributed by atoms with E-state index in [2.05, 4.69) is 5.32 Å². The highest BCUT2D eigenvalue weighted by molar-refractivity contribution is 5.81. The Hall–Kier alpha value is -1.79. The van der Waals surface area contributed by atoms with E-state index in [0.29, 0.717) is 6.54 Å². The Labute approximate surface area is 124 Å². The Morgan fingerprint density at radius 2 is 2.29 bits per heavy atom. The minimum atomic E-state index is -0.674. The van der Waals surface area contributed by atoms with Gasteiger partial charge in [-0.3, -0.25) is 4.79 Å². The molecular formula is C15H22N2O4.